The number of aromatic nitrogens is 3. The molecule has 0 aliphatic rings. The maximum atomic E-state index is 4.29. The maximum absolute atomic E-state index is 4.29. The molecule has 0 radical (unpaired) electrons. The average molecular weight is 161 g/mol. The Morgan fingerprint density at radius 2 is 2.33 bits per heavy atom. The Morgan fingerprint density at radius 3 is 3.17 bits per heavy atom. The molecule has 0 atom stereocenters. The lowest BCUT2D eigenvalue weighted by Crippen LogP contribution is -1.87. The number of imidazole rings is 1. The highest BCUT2D eigenvalue weighted by Crippen LogP contribution is 2.09. The first-order valence-electron chi connectivity index (χ1n) is 4.18. The van der Waals surface area contributed by atoms with Crippen LogP contribution in [-0.4, -0.2) is 15.0 Å². The van der Waals surface area contributed by atoms with Gasteiger partial charge < -0.3 is 4.98 Å². The predicted octanol–water partition coefficient (Wildman–Crippen LogP) is 1.91. The number of aryl methyl sites for hydroxylation is 1. The molecule has 2 rings (SSSR count). The van der Waals surface area contributed by atoms with Gasteiger partial charge in [-0.2, -0.15) is 0 Å². The standard InChI is InChI=1S/C9H11N3/c1-2-3-7-4-8-9(5-10-7)12-6-11-8/h4-6H,2-3H2,1H3,(H,11,12). The second kappa shape index (κ2) is 2.93. The van der Waals surface area contributed by atoms with Crippen LogP contribution in [0.5, 0.6) is 0 Å². The lowest BCUT2D eigenvalue weighted by atomic mass is 10.2. The van der Waals surface area contributed by atoms with Crippen molar-refractivity contribution in [1.29, 1.82) is 0 Å². The van der Waals surface area contributed by atoms with E-state index in [0.29, 0.717) is 0 Å². The zero-order chi connectivity index (χ0) is 8.39. The van der Waals surface area contributed by atoms with E-state index >= 15 is 0 Å². The second-order valence-electron chi connectivity index (χ2n) is 2.85. The lowest BCUT2D eigenvalue weighted by molar-refractivity contribution is 0.885. The highest BCUT2D eigenvalue weighted by Gasteiger charge is 1.97. The summed E-state index contributed by atoms with van der Waals surface area (Å²) in [5.41, 5.74) is 3.15. The van der Waals surface area contributed by atoms with Crippen LogP contribution in [0.3, 0.4) is 0 Å². The Kier molecular flexibility index (Phi) is 1.78. The van der Waals surface area contributed by atoms with Gasteiger partial charge in [0.25, 0.3) is 0 Å². The third kappa shape index (κ3) is 1.18. The SMILES string of the molecule is CCCc1cc2[nH]cnc2cn1. The van der Waals surface area contributed by atoms with Gasteiger partial charge in [0, 0.05) is 5.69 Å². The zero-order valence-corrected chi connectivity index (χ0v) is 7.04. The molecule has 2 aromatic heterocycles. The van der Waals surface area contributed by atoms with Gasteiger partial charge in [-0.1, -0.05) is 13.3 Å². The smallest absolute Gasteiger partial charge is 0.107 e. The summed E-state index contributed by atoms with van der Waals surface area (Å²) >= 11 is 0. The van der Waals surface area contributed by atoms with E-state index in [1.165, 1.54) is 0 Å². The number of rotatable bonds is 2. The number of pyridine rings is 1. The van der Waals surface area contributed by atoms with Crippen LogP contribution in [0.25, 0.3) is 11.0 Å². The zero-order valence-electron chi connectivity index (χ0n) is 7.04. The molecule has 3 heteroatoms. The van der Waals surface area contributed by atoms with Gasteiger partial charge in [-0.25, -0.2) is 4.98 Å². The molecule has 0 amide bonds. The van der Waals surface area contributed by atoms with E-state index in [-0.39, 0.29) is 0 Å². The number of H-pyrrole nitrogens is 1. The van der Waals surface area contributed by atoms with Gasteiger partial charge in [-0.05, 0) is 12.5 Å². The first-order valence-corrected chi connectivity index (χ1v) is 4.18. The van der Waals surface area contributed by atoms with Crippen LogP contribution in [0.15, 0.2) is 18.6 Å². The largest absolute Gasteiger partial charge is 0.344 e. The van der Waals surface area contributed by atoms with Crippen LogP contribution in [0.1, 0.15) is 19.0 Å². The first-order chi connectivity index (χ1) is 5.90. The number of hydrogen-bond acceptors (Lipinski definition) is 2. The van der Waals surface area contributed by atoms with E-state index in [4.69, 9.17) is 0 Å². The van der Waals surface area contributed by atoms with Crippen molar-refractivity contribution in [2.24, 2.45) is 0 Å². The van der Waals surface area contributed by atoms with Crippen molar-refractivity contribution >= 4 is 11.0 Å². The molecule has 0 unspecified atom stereocenters. The quantitative estimate of drug-likeness (QED) is 0.731. The second-order valence-corrected chi connectivity index (χ2v) is 2.85. The molecule has 62 valence electrons. The van der Waals surface area contributed by atoms with Crippen LogP contribution in [0, 0.1) is 0 Å². The van der Waals surface area contributed by atoms with E-state index in [9.17, 15) is 0 Å². The summed E-state index contributed by atoms with van der Waals surface area (Å²) in [4.78, 5) is 11.5. The number of aromatic amines is 1. The van der Waals surface area contributed by atoms with Gasteiger partial charge in [-0.3, -0.25) is 4.98 Å². The molecule has 0 aliphatic heterocycles. The van der Waals surface area contributed by atoms with Gasteiger partial charge in [0.15, 0.2) is 0 Å². The van der Waals surface area contributed by atoms with Crippen molar-refractivity contribution in [2.45, 2.75) is 19.8 Å². The summed E-state index contributed by atoms with van der Waals surface area (Å²) in [5, 5.41) is 0. The minimum absolute atomic E-state index is 0.940. The molecular formula is C9H11N3. The van der Waals surface area contributed by atoms with Gasteiger partial charge in [0.2, 0.25) is 0 Å². The third-order valence-corrected chi connectivity index (χ3v) is 1.87. The van der Waals surface area contributed by atoms with E-state index < -0.39 is 0 Å². The summed E-state index contributed by atoms with van der Waals surface area (Å²) in [5.74, 6) is 0. The molecule has 0 saturated carbocycles. The van der Waals surface area contributed by atoms with Gasteiger partial charge in [-0.15, -0.1) is 0 Å². The summed E-state index contributed by atoms with van der Waals surface area (Å²) in [6, 6.07) is 2.06. The van der Waals surface area contributed by atoms with Crippen LogP contribution in [-0.2, 0) is 6.42 Å². The van der Waals surface area contributed by atoms with Crippen molar-refractivity contribution in [1.82, 2.24) is 15.0 Å². The van der Waals surface area contributed by atoms with Crippen LogP contribution in [0.2, 0.25) is 0 Å². The van der Waals surface area contributed by atoms with Crippen LogP contribution in [0.4, 0.5) is 0 Å². The first kappa shape index (κ1) is 7.28. The Balaban J connectivity index is 2.46. The van der Waals surface area contributed by atoms with Gasteiger partial charge in [0.1, 0.15) is 5.52 Å². The Morgan fingerprint density at radius 1 is 1.42 bits per heavy atom. The van der Waals surface area contributed by atoms with Gasteiger partial charge in [0.05, 0.1) is 18.0 Å². The summed E-state index contributed by atoms with van der Waals surface area (Å²) in [6.07, 6.45) is 5.68. The van der Waals surface area contributed by atoms with Crippen molar-refractivity contribution in [2.75, 3.05) is 0 Å². The maximum Gasteiger partial charge on any atom is 0.107 e. The van der Waals surface area contributed by atoms with E-state index in [2.05, 4.69) is 27.9 Å². The minimum Gasteiger partial charge on any atom is -0.344 e. The van der Waals surface area contributed by atoms with Crippen molar-refractivity contribution in [3.63, 3.8) is 0 Å². The topological polar surface area (TPSA) is 41.6 Å². The summed E-state index contributed by atoms with van der Waals surface area (Å²) in [6.45, 7) is 2.15. The number of nitrogens with zero attached hydrogens (tertiary/aromatic N) is 2. The molecule has 0 saturated heterocycles. The van der Waals surface area contributed by atoms with E-state index in [1.54, 1.807) is 6.33 Å². The molecule has 2 heterocycles. The van der Waals surface area contributed by atoms with E-state index in [0.717, 1.165) is 29.6 Å². The van der Waals surface area contributed by atoms with Crippen molar-refractivity contribution in [3.8, 4) is 0 Å². The molecule has 3 nitrogen and oxygen atoms in total. The third-order valence-electron chi connectivity index (χ3n) is 1.87. The molecule has 2 aromatic rings. The highest BCUT2D eigenvalue weighted by molar-refractivity contribution is 5.73. The fraction of sp³-hybridized carbons (Fsp3) is 0.333. The molecule has 12 heavy (non-hydrogen) atoms. The average Bonchev–Trinajstić information content (AvgIpc) is 2.51. The van der Waals surface area contributed by atoms with Crippen LogP contribution >= 0.6 is 0 Å². The highest BCUT2D eigenvalue weighted by atomic mass is 14.9. The molecule has 1 N–H and O–H groups in total. The Hall–Kier alpha value is -1.38. The number of hydrogen-bond donors (Lipinski definition) is 1. The minimum atomic E-state index is 0.940. The van der Waals surface area contributed by atoms with Crippen LogP contribution < -0.4 is 0 Å². The summed E-state index contributed by atoms with van der Waals surface area (Å²) < 4.78 is 0. The Bertz CT molecular complexity index is 378. The Labute approximate surface area is 70.9 Å². The van der Waals surface area contributed by atoms with Crippen molar-refractivity contribution in [3.05, 3.63) is 24.3 Å². The molecular weight excluding hydrogens is 150 g/mol. The lowest BCUT2D eigenvalue weighted by Gasteiger charge is -1.95. The molecule has 0 spiro atoms. The van der Waals surface area contributed by atoms with Gasteiger partial charge >= 0.3 is 0 Å². The molecule has 0 bridgehead atoms. The number of fused-ring (bicyclic) bond motifs is 1. The monoisotopic (exact) mass is 161 g/mol. The molecule has 0 aromatic carbocycles. The molecule has 0 aliphatic carbocycles. The van der Waals surface area contributed by atoms with Crippen molar-refractivity contribution < 1.29 is 0 Å². The molecule has 0 fully saturated rings. The number of nitrogens with one attached hydrogen (secondary N) is 1. The summed E-state index contributed by atoms with van der Waals surface area (Å²) in [7, 11) is 0. The normalized spacial score (nSPS) is 10.8. The fourth-order valence-corrected chi connectivity index (χ4v) is 1.27. The van der Waals surface area contributed by atoms with E-state index in [1.807, 2.05) is 6.20 Å². The predicted molar refractivity (Wildman–Crippen MR) is 47.9 cm³/mol. The fourth-order valence-electron chi connectivity index (χ4n) is 1.27.